The van der Waals surface area contributed by atoms with Crippen LogP contribution in [0.15, 0.2) is 36.5 Å². The van der Waals surface area contributed by atoms with Gasteiger partial charge in [-0.05, 0) is 24.3 Å². The zero-order valence-corrected chi connectivity index (χ0v) is 10.2. The third-order valence-corrected chi connectivity index (χ3v) is 2.68. The molecule has 0 N–H and O–H groups in total. The first-order valence-electron chi connectivity index (χ1n) is 4.83. The summed E-state index contributed by atoms with van der Waals surface area (Å²) in [5.41, 5.74) is 0.745. The number of ether oxygens (including phenoxy) is 1. The average molecular weight is 272 g/mol. The second-order valence-corrected chi connectivity index (χ2v) is 3.95. The predicted molar refractivity (Wildman–Crippen MR) is 65.3 cm³/mol. The molecule has 0 bridgehead atoms. The summed E-state index contributed by atoms with van der Waals surface area (Å²) in [6, 6.07) is 7.46. The summed E-state index contributed by atoms with van der Waals surface area (Å²) in [6.07, 6.45) is 1.59. The smallest absolute Gasteiger partial charge is 0.223 e. The Morgan fingerprint density at radius 2 is 2.12 bits per heavy atom. The van der Waals surface area contributed by atoms with Crippen molar-refractivity contribution in [3.63, 3.8) is 0 Å². The lowest BCUT2D eigenvalue weighted by Gasteiger charge is -2.09. The van der Waals surface area contributed by atoms with Gasteiger partial charge in [0, 0.05) is 11.8 Å². The second-order valence-electron chi connectivity index (χ2n) is 3.28. The molecule has 17 heavy (non-hydrogen) atoms. The highest BCUT2D eigenvalue weighted by Crippen LogP contribution is 2.30. The first kappa shape index (κ1) is 12.1. The summed E-state index contributed by atoms with van der Waals surface area (Å²) in [5.74, 6) is 0.581. The van der Waals surface area contributed by atoms with E-state index in [-0.39, 0.29) is 10.9 Å². The number of halogens is 3. The van der Waals surface area contributed by atoms with Crippen LogP contribution in [-0.2, 0) is 5.88 Å². The molecule has 0 spiro atoms. The van der Waals surface area contributed by atoms with E-state index in [1.165, 1.54) is 18.2 Å². The summed E-state index contributed by atoms with van der Waals surface area (Å²) in [6.45, 7) is 0. The molecule has 2 nitrogen and oxygen atoms in total. The Morgan fingerprint density at radius 3 is 2.82 bits per heavy atom. The minimum absolute atomic E-state index is 0.191. The van der Waals surface area contributed by atoms with Crippen LogP contribution >= 0.6 is 23.2 Å². The zero-order chi connectivity index (χ0) is 12.3. The number of rotatable bonds is 3. The van der Waals surface area contributed by atoms with Crippen LogP contribution in [0.4, 0.5) is 4.39 Å². The van der Waals surface area contributed by atoms with Gasteiger partial charge < -0.3 is 4.74 Å². The van der Waals surface area contributed by atoms with Crippen molar-refractivity contribution >= 4 is 23.2 Å². The van der Waals surface area contributed by atoms with Crippen molar-refractivity contribution in [3.05, 3.63) is 52.9 Å². The van der Waals surface area contributed by atoms with Crippen molar-refractivity contribution in [1.82, 2.24) is 4.98 Å². The SMILES string of the molecule is Fc1ccc(Oc2ncccc2CCl)c(Cl)c1. The van der Waals surface area contributed by atoms with Crippen LogP contribution in [0, 0.1) is 5.82 Å². The van der Waals surface area contributed by atoms with Gasteiger partial charge in [0.25, 0.3) is 0 Å². The quantitative estimate of drug-likeness (QED) is 0.772. The Morgan fingerprint density at radius 1 is 1.29 bits per heavy atom. The van der Waals surface area contributed by atoms with Crippen LogP contribution in [0.25, 0.3) is 0 Å². The number of aromatic nitrogens is 1. The second kappa shape index (κ2) is 5.34. The standard InChI is InChI=1S/C12H8Cl2FNO/c13-7-8-2-1-5-16-12(8)17-11-4-3-9(15)6-10(11)14/h1-6H,7H2. The predicted octanol–water partition coefficient (Wildman–Crippen LogP) is 4.41. The largest absolute Gasteiger partial charge is 0.437 e. The van der Waals surface area contributed by atoms with Gasteiger partial charge in [-0.2, -0.15) is 0 Å². The van der Waals surface area contributed by atoms with E-state index in [2.05, 4.69) is 4.98 Å². The first-order valence-corrected chi connectivity index (χ1v) is 5.74. The number of nitrogens with zero attached hydrogens (tertiary/aromatic N) is 1. The van der Waals surface area contributed by atoms with Crippen LogP contribution in [-0.4, -0.2) is 4.98 Å². The first-order chi connectivity index (χ1) is 8.20. The summed E-state index contributed by atoms with van der Waals surface area (Å²) >= 11 is 11.6. The molecule has 0 fully saturated rings. The van der Waals surface area contributed by atoms with E-state index in [1.54, 1.807) is 18.3 Å². The lowest BCUT2D eigenvalue weighted by atomic mass is 10.3. The zero-order valence-electron chi connectivity index (χ0n) is 8.66. The molecule has 2 aromatic rings. The molecule has 0 saturated heterocycles. The fourth-order valence-corrected chi connectivity index (χ4v) is 1.69. The van der Waals surface area contributed by atoms with Crippen molar-refractivity contribution in [3.8, 4) is 11.6 Å². The Balaban J connectivity index is 2.31. The fraction of sp³-hybridized carbons (Fsp3) is 0.0833. The maximum Gasteiger partial charge on any atom is 0.223 e. The summed E-state index contributed by atoms with van der Waals surface area (Å²) < 4.78 is 18.3. The number of benzene rings is 1. The van der Waals surface area contributed by atoms with Gasteiger partial charge in [-0.3, -0.25) is 0 Å². The molecule has 2 rings (SSSR count). The van der Waals surface area contributed by atoms with Crippen LogP contribution in [0.3, 0.4) is 0 Å². The molecule has 1 aromatic heterocycles. The lowest BCUT2D eigenvalue weighted by Crippen LogP contribution is -1.93. The minimum atomic E-state index is -0.416. The van der Waals surface area contributed by atoms with E-state index >= 15 is 0 Å². The van der Waals surface area contributed by atoms with E-state index < -0.39 is 5.82 Å². The number of pyridine rings is 1. The highest BCUT2D eigenvalue weighted by Gasteiger charge is 2.08. The van der Waals surface area contributed by atoms with Crippen LogP contribution in [0.2, 0.25) is 5.02 Å². The van der Waals surface area contributed by atoms with E-state index in [0.29, 0.717) is 11.6 Å². The van der Waals surface area contributed by atoms with Gasteiger partial charge in [0.05, 0.1) is 10.9 Å². The number of hydrogen-bond donors (Lipinski definition) is 0. The summed E-state index contributed by atoms with van der Waals surface area (Å²) in [4.78, 5) is 4.05. The van der Waals surface area contributed by atoms with Gasteiger partial charge >= 0.3 is 0 Å². The van der Waals surface area contributed by atoms with E-state index in [1.807, 2.05) is 0 Å². The number of alkyl halides is 1. The Hall–Kier alpha value is -1.32. The molecule has 0 aliphatic heterocycles. The van der Waals surface area contributed by atoms with Crippen LogP contribution in [0.1, 0.15) is 5.56 Å². The molecule has 0 saturated carbocycles. The van der Waals surface area contributed by atoms with Gasteiger partial charge in [-0.1, -0.05) is 17.7 Å². The third-order valence-electron chi connectivity index (χ3n) is 2.09. The third kappa shape index (κ3) is 2.87. The maximum atomic E-state index is 12.9. The molecule has 0 aliphatic rings. The van der Waals surface area contributed by atoms with E-state index in [4.69, 9.17) is 27.9 Å². The molecular formula is C12H8Cl2FNO. The highest BCUT2D eigenvalue weighted by molar-refractivity contribution is 6.32. The molecule has 0 aliphatic carbocycles. The highest BCUT2D eigenvalue weighted by atomic mass is 35.5. The Bertz CT molecular complexity index is 534. The van der Waals surface area contributed by atoms with Gasteiger partial charge in [-0.25, -0.2) is 9.37 Å². The van der Waals surface area contributed by atoms with Crippen LogP contribution < -0.4 is 4.74 Å². The molecule has 5 heteroatoms. The van der Waals surface area contributed by atoms with Gasteiger partial charge in [0.1, 0.15) is 11.6 Å². The van der Waals surface area contributed by atoms with Crippen LogP contribution in [0.5, 0.6) is 11.6 Å². The fourth-order valence-electron chi connectivity index (χ4n) is 1.28. The molecule has 0 atom stereocenters. The van der Waals surface area contributed by atoms with E-state index in [9.17, 15) is 4.39 Å². The molecule has 88 valence electrons. The van der Waals surface area contributed by atoms with Crippen molar-refractivity contribution in [2.24, 2.45) is 0 Å². The topological polar surface area (TPSA) is 22.1 Å². The molecule has 1 heterocycles. The molecule has 0 radical (unpaired) electrons. The maximum absolute atomic E-state index is 12.9. The normalized spacial score (nSPS) is 10.3. The lowest BCUT2D eigenvalue weighted by molar-refractivity contribution is 0.457. The van der Waals surface area contributed by atoms with Gasteiger partial charge in [0.15, 0.2) is 0 Å². The Labute approximate surface area is 108 Å². The summed E-state index contributed by atoms with van der Waals surface area (Å²) in [5, 5.41) is 0.191. The molecule has 1 aromatic carbocycles. The van der Waals surface area contributed by atoms with Crippen molar-refractivity contribution in [2.45, 2.75) is 5.88 Å². The van der Waals surface area contributed by atoms with Crippen molar-refractivity contribution in [2.75, 3.05) is 0 Å². The van der Waals surface area contributed by atoms with Crippen molar-refractivity contribution in [1.29, 1.82) is 0 Å². The van der Waals surface area contributed by atoms with Gasteiger partial charge in [0.2, 0.25) is 5.88 Å². The summed E-state index contributed by atoms with van der Waals surface area (Å²) in [7, 11) is 0. The molecule has 0 unspecified atom stereocenters. The average Bonchev–Trinajstić information content (AvgIpc) is 2.33. The Kier molecular flexibility index (Phi) is 3.82. The van der Waals surface area contributed by atoms with Crippen molar-refractivity contribution < 1.29 is 9.13 Å². The van der Waals surface area contributed by atoms with E-state index in [0.717, 1.165) is 5.56 Å². The monoisotopic (exact) mass is 271 g/mol. The van der Waals surface area contributed by atoms with Gasteiger partial charge in [-0.15, -0.1) is 11.6 Å². The number of hydrogen-bond acceptors (Lipinski definition) is 2. The molecular weight excluding hydrogens is 264 g/mol. The minimum Gasteiger partial charge on any atom is -0.437 e. The molecule has 0 amide bonds.